The Bertz CT molecular complexity index is 923. The molecule has 2 aromatic rings. The van der Waals surface area contributed by atoms with Gasteiger partial charge in [0.1, 0.15) is 0 Å². The summed E-state index contributed by atoms with van der Waals surface area (Å²) in [5.74, 6) is -0.105. The highest BCUT2D eigenvalue weighted by Crippen LogP contribution is 2.40. The average Bonchev–Trinajstić information content (AvgIpc) is 2.98. The number of non-ortho nitro benzene ring substituents is 1. The molecule has 0 amide bonds. The van der Waals surface area contributed by atoms with Crippen molar-refractivity contribution in [2.24, 2.45) is 10.2 Å². The van der Waals surface area contributed by atoms with E-state index in [0.717, 1.165) is 25.9 Å². The number of aromatic nitrogens is 1. The third-order valence-corrected chi connectivity index (χ3v) is 4.92. The Kier molecular flexibility index (Phi) is 7.07. The van der Waals surface area contributed by atoms with E-state index in [-0.39, 0.29) is 22.4 Å². The number of nitro groups is 1. The molecule has 0 bridgehead atoms. The van der Waals surface area contributed by atoms with Gasteiger partial charge in [-0.25, -0.2) is 0 Å². The first-order valence-corrected chi connectivity index (χ1v) is 9.91. The van der Waals surface area contributed by atoms with Crippen molar-refractivity contribution in [1.29, 1.82) is 0 Å². The number of azo groups is 1. The highest BCUT2D eigenvalue weighted by molar-refractivity contribution is 7.80. The predicted molar refractivity (Wildman–Crippen MR) is 113 cm³/mol. The topological polar surface area (TPSA) is 118 Å². The molecule has 1 aliphatic rings. The number of fused-ring (bicyclic) bond motifs is 1. The van der Waals surface area contributed by atoms with E-state index in [1.54, 1.807) is 10.6 Å². The highest BCUT2D eigenvalue weighted by Gasteiger charge is 2.22. The monoisotopic (exact) mass is 420 g/mol. The molecule has 0 radical (unpaired) electrons. The smallest absolute Gasteiger partial charge is 0.270 e. The van der Waals surface area contributed by atoms with Gasteiger partial charge in [-0.15, -0.1) is 10.2 Å². The lowest BCUT2D eigenvalue weighted by Gasteiger charge is -2.27. The van der Waals surface area contributed by atoms with Crippen LogP contribution in [0.1, 0.15) is 19.8 Å². The number of unbranched alkanes of at least 4 members (excludes halogenated alkanes) is 1. The van der Waals surface area contributed by atoms with Crippen LogP contribution in [0.2, 0.25) is 0 Å². The zero-order valence-corrected chi connectivity index (χ0v) is 17.0. The first-order valence-electron chi connectivity index (χ1n) is 9.50. The van der Waals surface area contributed by atoms with Crippen LogP contribution in [-0.4, -0.2) is 57.5 Å². The Labute approximate surface area is 173 Å². The molecule has 0 aliphatic carbocycles. The van der Waals surface area contributed by atoms with Crippen molar-refractivity contribution in [2.75, 3.05) is 32.8 Å². The number of ether oxygens (including phenoxy) is 1. The number of hydrogen-bond acceptors (Lipinski definition) is 7. The Morgan fingerprint density at radius 1 is 1.41 bits per heavy atom. The summed E-state index contributed by atoms with van der Waals surface area (Å²) in [4.78, 5) is 12.9. The third kappa shape index (κ3) is 5.05. The molecule has 2 heterocycles. The van der Waals surface area contributed by atoms with Gasteiger partial charge in [0.15, 0.2) is 5.69 Å². The van der Waals surface area contributed by atoms with Crippen molar-refractivity contribution < 1.29 is 14.8 Å². The zero-order chi connectivity index (χ0) is 20.8. The van der Waals surface area contributed by atoms with E-state index in [0.29, 0.717) is 37.3 Å². The van der Waals surface area contributed by atoms with Crippen LogP contribution in [0.25, 0.3) is 10.9 Å². The van der Waals surface area contributed by atoms with Crippen LogP contribution in [0.4, 0.5) is 11.4 Å². The molecule has 0 unspecified atom stereocenters. The highest BCUT2D eigenvalue weighted by atomic mass is 32.1. The van der Waals surface area contributed by atoms with E-state index in [2.05, 4.69) is 27.4 Å². The lowest BCUT2D eigenvalue weighted by atomic mass is 10.2. The standard InChI is InChI=1S/C18H24N6O4S/c1-2-3-6-19-18(29)21-20-16-14-11-13(24(26)27)4-5-15(14)23(17(16)25)12-22-7-9-28-10-8-22/h4-5,11,25H,2-3,6-10,12H2,1H3,(H,19,29). The normalized spacial score (nSPS) is 15.2. The summed E-state index contributed by atoms with van der Waals surface area (Å²) in [6.07, 6.45) is 1.97. The van der Waals surface area contributed by atoms with Crippen molar-refractivity contribution in [3.63, 3.8) is 0 Å². The summed E-state index contributed by atoms with van der Waals surface area (Å²) in [7, 11) is 0. The molecule has 1 aromatic carbocycles. The maximum absolute atomic E-state index is 11.2. The summed E-state index contributed by atoms with van der Waals surface area (Å²) in [6, 6.07) is 4.42. The fourth-order valence-corrected chi connectivity index (χ4v) is 3.26. The molecule has 3 rings (SSSR count). The number of nitrogens with one attached hydrogen (secondary N) is 1. The van der Waals surface area contributed by atoms with Crippen LogP contribution in [0.15, 0.2) is 28.4 Å². The molecule has 1 aromatic heterocycles. The number of hydrogen-bond donors (Lipinski definition) is 2. The first-order chi connectivity index (χ1) is 14.0. The van der Waals surface area contributed by atoms with Gasteiger partial charge >= 0.3 is 0 Å². The molecule has 29 heavy (non-hydrogen) atoms. The average molecular weight is 420 g/mol. The van der Waals surface area contributed by atoms with Gasteiger partial charge in [-0.3, -0.25) is 19.6 Å². The Morgan fingerprint density at radius 2 is 2.17 bits per heavy atom. The van der Waals surface area contributed by atoms with Gasteiger partial charge in [0.05, 0.1) is 30.3 Å². The van der Waals surface area contributed by atoms with Crippen molar-refractivity contribution in [1.82, 2.24) is 14.8 Å². The molecule has 1 saturated heterocycles. The van der Waals surface area contributed by atoms with Gasteiger partial charge < -0.3 is 15.2 Å². The fourth-order valence-electron chi connectivity index (χ4n) is 3.11. The molecule has 1 fully saturated rings. The summed E-state index contributed by atoms with van der Waals surface area (Å²) < 4.78 is 7.04. The number of thiocarbonyl (C=S) groups is 1. The van der Waals surface area contributed by atoms with Crippen LogP contribution >= 0.6 is 12.2 Å². The van der Waals surface area contributed by atoms with Gasteiger partial charge in [-0.1, -0.05) is 13.3 Å². The van der Waals surface area contributed by atoms with Crippen LogP contribution in [0, 0.1) is 10.1 Å². The summed E-state index contributed by atoms with van der Waals surface area (Å²) >= 11 is 5.15. The molecule has 156 valence electrons. The lowest BCUT2D eigenvalue weighted by molar-refractivity contribution is -0.384. The largest absolute Gasteiger partial charge is 0.493 e. The Hall–Kier alpha value is -2.63. The quantitative estimate of drug-likeness (QED) is 0.232. The summed E-state index contributed by atoms with van der Waals surface area (Å²) in [5.41, 5.74) is 0.719. The minimum atomic E-state index is -0.479. The second-order valence-electron chi connectivity index (χ2n) is 6.72. The molecular weight excluding hydrogens is 396 g/mol. The van der Waals surface area contributed by atoms with Gasteiger partial charge in [0.2, 0.25) is 11.0 Å². The first kappa shape index (κ1) is 21.1. The van der Waals surface area contributed by atoms with E-state index in [4.69, 9.17) is 17.0 Å². The van der Waals surface area contributed by atoms with Crippen molar-refractivity contribution in [3.05, 3.63) is 28.3 Å². The molecular formula is C18H24N6O4S. The van der Waals surface area contributed by atoms with E-state index in [1.807, 2.05) is 0 Å². The van der Waals surface area contributed by atoms with E-state index in [1.165, 1.54) is 12.1 Å². The van der Waals surface area contributed by atoms with E-state index >= 15 is 0 Å². The molecule has 1 aliphatic heterocycles. The molecule has 2 N–H and O–H groups in total. The minimum Gasteiger partial charge on any atom is -0.493 e. The van der Waals surface area contributed by atoms with E-state index < -0.39 is 4.92 Å². The molecule has 0 saturated carbocycles. The maximum Gasteiger partial charge on any atom is 0.270 e. The predicted octanol–water partition coefficient (Wildman–Crippen LogP) is 3.30. The van der Waals surface area contributed by atoms with Gasteiger partial charge in [0, 0.05) is 37.2 Å². The minimum absolute atomic E-state index is 0.0823. The number of morpholine rings is 1. The molecule has 0 spiro atoms. The van der Waals surface area contributed by atoms with Crippen LogP contribution in [-0.2, 0) is 11.4 Å². The summed E-state index contributed by atoms with van der Waals surface area (Å²) in [5, 5.41) is 33.7. The van der Waals surface area contributed by atoms with Gasteiger partial charge in [-0.05, 0) is 24.7 Å². The SMILES string of the molecule is CCCCNC(=S)N=Nc1c(O)n(CN2CCOCC2)c2ccc([N+](=O)[O-])cc12. The number of aromatic hydroxyl groups is 1. The second kappa shape index (κ2) is 9.72. The maximum atomic E-state index is 11.2. The van der Waals surface area contributed by atoms with E-state index in [9.17, 15) is 15.2 Å². The molecule has 11 heteroatoms. The molecule has 0 atom stereocenters. The number of nitro benzene ring substituents is 1. The Balaban J connectivity index is 1.95. The van der Waals surface area contributed by atoms with Crippen LogP contribution < -0.4 is 5.32 Å². The number of benzene rings is 1. The van der Waals surface area contributed by atoms with Crippen molar-refractivity contribution >= 4 is 39.6 Å². The summed E-state index contributed by atoms with van der Waals surface area (Å²) in [6.45, 7) is 5.87. The Morgan fingerprint density at radius 3 is 2.86 bits per heavy atom. The third-order valence-electron chi connectivity index (χ3n) is 4.70. The number of rotatable bonds is 7. The number of nitrogens with zero attached hydrogens (tertiary/aromatic N) is 5. The fraction of sp³-hybridized carbons (Fsp3) is 0.500. The van der Waals surface area contributed by atoms with Crippen LogP contribution in [0.5, 0.6) is 5.88 Å². The van der Waals surface area contributed by atoms with Crippen LogP contribution in [0.3, 0.4) is 0 Å². The lowest BCUT2D eigenvalue weighted by Crippen LogP contribution is -2.37. The zero-order valence-electron chi connectivity index (χ0n) is 16.2. The molecule has 10 nitrogen and oxygen atoms in total. The van der Waals surface area contributed by atoms with Gasteiger partial charge in [-0.2, -0.15) is 0 Å². The second-order valence-corrected chi connectivity index (χ2v) is 7.10. The van der Waals surface area contributed by atoms with Crippen molar-refractivity contribution in [3.8, 4) is 5.88 Å². The van der Waals surface area contributed by atoms with Crippen molar-refractivity contribution in [2.45, 2.75) is 26.4 Å². The van der Waals surface area contributed by atoms with Gasteiger partial charge in [0.25, 0.3) is 5.69 Å².